The molecule has 9 heteroatoms. The Morgan fingerprint density at radius 2 is 1.78 bits per heavy atom. The minimum atomic E-state index is -0.658. The summed E-state index contributed by atoms with van der Waals surface area (Å²) in [5, 5.41) is 9.47. The molecule has 0 saturated carbocycles. The van der Waals surface area contributed by atoms with E-state index in [2.05, 4.69) is 20.9 Å². The lowest BCUT2D eigenvalue weighted by Crippen LogP contribution is -2.36. The summed E-state index contributed by atoms with van der Waals surface area (Å²) >= 11 is 0. The van der Waals surface area contributed by atoms with E-state index >= 15 is 0 Å². The van der Waals surface area contributed by atoms with Gasteiger partial charge in [-0.05, 0) is 42.0 Å². The van der Waals surface area contributed by atoms with Gasteiger partial charge in [-0.3, -0.25) is 4.79 Å². The fourth-order valence-electron chi connectivity index (χ4n) is 3.66. The lowest BCUT2D eigenvalue weighted by Gasteiger charge is -2.29. The van der Waals surface area contributed by atoms with Crippen molar-refractivity contribution in [1.29, 1.82) is 0 Å². The first-order valence-corrected chi connectivity index (χ1v) is 10.3. The van der Waals surface area contributed by atoms with E-state index in [1.54, 1.807) is 6.08 Å². The number of allylic oxidation sites excluding steroid dienone is 1. The molecule has 1 amide bonds. The van der Waals surface area contributed by atoms with E-state index in [1.807, 2.05) is 24.3 Å². The van der Waals surface area contributed by atoms with E-state index in [0.717, 1.165) is 43.7 Å². The van der Waals surface area contributed by atoms with Gasteiger partial charge in [0.2, 0.25) is 5.91 Å². The SMILES string of the molecule is NC(=O)C1=C(NCc2cc(F)cc(F)c2)C=C(Nc2ccc(N3CCOCC3)cc2)NC1. The molecule has 5 N–H and O–H groups in total. The van der Waals surface area contributed by atoms with Crippen LogP contribution in [-0.2, 0) is 16.1 Å². The van der Waals surface area contributed by atoms with Crippen LogP contribution in [0.15, 0.2) is 65.6 Å². The zero-order valence-electron chi connectivity index (χ0n) is 17.5. The van der Waals surface area contributed by atoms with Gasteiger partial charge in [-0.25, -0.2) is 8.78 Å². The minimum absolute atomic E-state index is 0.138. The van der Waals surface area contributed by atoms with Crippen LogP contribution in [0.5, 0.6) is 0 Å². The predicted molar refractivity (Wildman–Crippen MR) is 119 cm³/mol. The second-order valence-electron chi connectivity index (χ2n) is 7.57. The molecule has 2 aromatic rings. The molecule has 1 saturated heterocycles. The van der Waals surface area contributed by atoms with Gasteiger partial charge in [0.1, 0.15) is 17.5 Å². The number of amides is 1. The summed E-state index contributed by atoms with van der Waals surface area (Å²) in [5.74, 6) is -1.22. The normalized spacial score (nSPS) is 16.3. The van der Waals surface area contributed by atoms with E-state index in [1.165, 1.54) is 12.1 Å². The number of ether oxygens (including phenoxy) is 1. The lowest BCUT2D eigenvalue weighted by molar-refractivity contribution is -0.114. The average molecular weight is 441 g/mol. The molecule has 2 heterocycles. The second-order valence-corrected chi connectivity index (χ2v) is 7.57. The molecule has 0 aromatic heterocycles. The lowest BCUT2D eigenvalue weighted by atomic mass is 10.1. The topological polar surface area (TPSA) is 91.7 Å². The van der Waals surface area contributed by atoms with Gasteiger partial charge < -0.3 is 31.3 Å². The summed E-state index contributed by atoms with van der Waals surface area (Å²) in [7, 11) is 0. The summed E-state index contributed by atoms with van der Waals surface area (Å²) in [6.07, 6.45) is 1.72. The molecule has 2 aliphatic rings. The van der Waals surface area contributed by atoms with Gasteiger partial charge in [0.15, 0.2) is 0 Å². The van der Waals surface area contributed by atoms with Gasteiger partial charge in [0.25, 0.3) is 0 Å². The Morgan fingerprint density at radius 1 is 1.09 bits per heavy atom. The maximum atomic E-state index is 13.5. The molecule has 0 atom stereocenters. The van der Waals surface area contributed by atoms with Crippen molar-refractivity contribution in [3.63, 3.8) is 0 Å². The Labute approximate surface area is 184 Å². The van der Waals surface area contributed by atoms with Crippen LogP contribution >= 0.6 is 0 Å². The third-order valence-electron chi connectivity index (χ3n) is 5.29. The molecule has 0 radical (unpaired) electrons. The average Bonchev–Trinajstić information content (AvgIpc) is 2.78. The zero-order valence-corrected chi connectivity index (χ0v) is 17.5. The van der Waals surface area contributed by atoms with E-state index in [0.29, 0.717) is 22.7 Å². The largest absolute Gasteiger partial charge is 0.380 e. The van der Waals surface area contributed by atoms with Crippen molar-refractivity contribution < 1.29 is 18.3 Å². The Morgan fingerprint density at radius 3 is 2.44 bits per heavy atom. The summed E-state index contributed by atoms with van der Waals surface area (Å²) < 4.78 is 32.3. The molecule has 2 aliphatic heterocycles. The van der Waals surface area contributed by atoms with Crippen molar-refractivity contribution in [3.05, 3.63) is 82.8 Å². The first-order valence-electron chi connectivity index (χ1n) is 10.3. The van der Waals surface area contributed by atoms with Crippen molar-refractivity contribution >= 4 is 17.3 Å². The zero-order chi connectivity index (χ0) is 22.5. The van der Waals surface area contributed by atoms with Crippen LogP contribution < -0.4 is 26.6 Å². The number of carbonyl (C=O) groups is 1. The van der Waals surface area contributed by atoms with Crippen molar-refractivity contribution in [2.24, 2.45) is 5.73 Å². The second kappa shape index (κ2) is 9.69. The number of nitrogens with zero attached hydrogens (tertiary/aromatic N) is 1. The first kappa shape index (κ1) is 21.6. The molecule has 1 fully saturated rings. The highest BCUT2D eigenvalue weighted by Gasteiger charge is 2.18. The number of halogens is 2. The molecule has 0 spiro atoms. The Balaban J connectivity index is 1.46. The number of carbonyl (C=O) groups excluding carboxylic acids is 1. The van der Waals surface area contributed by atoms with Gasteiger partial charge in [0, 0.05) is 55.4 Å². The van der Waals surface area contributed by atoms with Crippen molar-refractivity contribution in [1.82, 2.24) is 10.6 Å². The minimum Gasteiger partial charge on any atom is -0.380 e. The highest BCUT2D eigenvalue weighted by atomic mass is 19.1. The summed E-state index contributed by atoms with van der Waals surface area (Å²) in [4.78, 5) is 14.1. The number of dihydropyridines is 1. The van der Waals surface area contributed by atoms with Crippen molar-refractivity contribution in [2.75, 3.05) is 43.1 Å². The number of rotatable bonds is 7. The van der Waals surface area contributed by atoms with E-state index in [4.69, 9.17) is 10.5 Å². The van der Waals surface area contributed by atoms with Gasteiger partial charge in [0.05, 0.1) is 18.8 Å². The van der Waals surface area contributed by atoms with Crippen LogP contribution in [0.2, 0.25) is 0 Å². The number of nitrogens with one attached hydrogen (secondary N) is 3. The molecular formula is C23H25F2N5O2. The third kappa shape index (κ3) is 5.36. The van der Waals surface area contributed by atoms with E-state index < -0.39 is 17.5 Å². The van der Waals surface area contributed by atoms with Gasteiger partial charge in [-0.2, -0.15) is 0 Å². The molecule has 4 rings (SSSR count). The molecular weight excluding hydrogens is 416 g/mol. The molecule has 32 heavy (non-hydrogen) atoms. The number of nitrogens with two attached hydrogens (primary N) is 1. The maximum Gasteiger partial charge on any atom is 0.248 e. The first-order chi connectivity index (χ1) is 15.5. The monoisotopic (exact) mass is 441 g/mol. The van der Waals surface area contributed by atoms with Crippen molar-refractivity contribution in [3.8, 4) is 0 Å². The summed E-state index contributed by atoms with van der Waals surface area (Å²) in [6.45, 7) is 3.54. The van der Waals surface area contributed by atoms with Crippen LogP contribution in [0.3, 0.4) is 0 Å². The highest BCUT2D eigenvalue weighted by molar-refractivity contribution is 5.94. The van der Waals surface area contributed by atoms with Crippen molar-refractivity contribution in [2.45, 2.75) is 6.54 Å². The summed E-state index contributed by atoms with van der Waals surface area (Å²) in [6, 6.07) is 11.3. The molecule has 0 bridgehead atoms. The van der Waals surface area contributed by atoms with Crippen LogP contribution in [0, 0.1) is 11.6 Å². The van der Waals surface area contributed by atoms with Gasteiger partial charge >= 0.3 is 0 Å². The van der Waals surface area contributed by atoms with Gasteiger partial charge in [-0.15, -0.1) is 0 Å². The van der Waals surface area contributed by atoms with E-state index in [-0.39, 0.29) is 13.1 Å². The number of hydrogen-bond donors (Lipinski definition) is 4. The number of anilines is 2. The van der Waals surface area contributed by atoms with E-state index in [9.17, 15) is 13.6 Å². The summed E-state index contributed by atoms with van der Waals surface area (Å²) in [5.41, 5.74) is 8.77. The fourth-order valence-corrected chi connectivity index (χ4v) is 3.66. The predicted octanol–water partition coefficient (Wildman–Crippen LogP) is 2.19. The Kier molecular flexibility index (Phi) is 6.55. The molecule has 7 nitrogen and oxygen atoms in total. The number of morpholine rings is 1. The Bertz CT molecular complexity index is 1030. The number of benzene rings is 2. The van der Waals surface area contributed by atoms with Crippen LogP contribution in [0.4, 0.5) is 20.2 Å². The third-order valence-corrected chi connectivity index (χ3v) is 5.29. The smallest absolute Gasteiger partial charge is 0.248 e. The molecule has 2 aromatic carbocycles. The molecule has 168 valence electrons. The van der Waals surface area contributed by atoms with Gasteiger partial charge in [-0.1, -0.05) is 0 Å². The van der Waals surface area contributed by atoms with Crippen LogP contribution in [0.1, 0.15) is 5.56 Å². The maximum absolute atomic E-state index is 13.5. The number of hydrogen-bond acceptors (Lipinski definition) is 6. The standard InChI is InChI=1S/C23H25F2N5O2/c24-16-9-15(10-17(25)11-16)13-27-21-12-22(28-14-20(21)23(26)31)29-18-1-3-19(4-2-18)30-5-7-32-8-6-30/h1-4,9-12,27-29H,5-8,13-14H2,(H2,26,31). The number of primary amides is 1. The van der Waals surface area contributed by atoms with Crippen LogP contribution in [0.25, 0.3) is 0 Å². The quantitative estimate of drug-likeness (QED) is 0.527. The van der Waals surface area contributed by atoms with Crippen LogP contribution in [-0.4, -0.2) is 38.8 Å². The Hall–Kier alpha value is -3.59. The molecule has 0 unspecified atom stereocenters. The molecule has 0 aliphatic carbocycles. The highest BCUT2D eigenvalue weighted by Crippen LogP contribution is 2.21. The fraction of sp³-hybridized carbons (Fsp3) is 0.261.